The molecule has 0 aromatic heterocycles. The summed E-state index contributed by atoms with van der Waals surface area (Å²) in [6.07, 6.45) is 1.01. The minimum Gasteiger partial charge on any atom is -0.316 e. The molecule has 0 saturated carbocycles. The topological polar surface area (TPSA) is 49.4 Å². The van der Waals surface area contributed by atoms with Crippen molar-refractivity contribution in [3.05, 3.63) is 0 Å². The number of nitrogens with one attached hydrogen (secondary N) is 1. The van der Waals surface area contributed by atoms with Crippen LogP contribution in [0, 0.1) is 5.92 Å². The lowest BCUT2D eigenvalue weighted by Gasteiger charge is -2.23. The van der Waals surface area contributed by atoms with E-state index in [-0.39, 0.29) is 5.75 Å². The monoisotopic (exact) mass is 250 g/mol. The van der Waals surface area contributed by atoms with Crippen molar-refractivity contribution in [2.75, 3.05) is 31.9 Å². The molecule has 5 heteroatoms. The van der Waals surface area contributed by atoms with E-state index in [1.807, 2.05) is 13.8 Å². The molecule has 0 spiro atoms. The number of rotatable bonds is 9. The van der Waals surface area contributed by atoms with Gasteiger partial charge < -0.3 is 5.32 Å². The summed E-state index contributed by atoms with van der Waals surface area (Å²) in [6.45, 7) is 10.6. The minimum atomic E-state index is -3.08. The van der Waals surface area contributed by atoms with E-state index in [9.17, 15) is 8.42 Å². The highest BCUT2D eigenvalue weighted by atomic mass is 32.2. The van der Waals surface area contributed by atoms with E-state index in [2.05, 4.69) is 19.2 Å². The van der Waals surface area contributed by atoms with E-state index in [0.29, 0.717) is 25.6 Å². The molecule has 1 unspecified atom stereocenters. The van der Waals surface area contributed by atoms with Gasteiger partial charge in [0.25, 0.3) is 0 Å². The molecule has 0 heterocycles. The molecule has 0 saturated heterocycles. The molecule has 0 radical (unpaired) electrons. The Morgan fingerprint density at radius 3 is 2.31 bits per heavy atom. The Hall–Kier alpha value is -0.130. The first-order valence-electron chi connectivity index (χ1n) is 6.16. The average Bonchev–Trinajstić information content (AvgIpc) is 2.25. The van der Waals surface area contributed by atoms with Gasteiger partial charge in [0, 0.05) is 19.6 Å². The Labute approximate surface area is 100 Å². The lowest BCUT2D eigenvalue weighted by Crippen LogP contribution is -2.38. The lowest BCUT2D eigenvalue weighted by atomic mass is 10.1. The Morgan fingerprint density at radius 2 is 1.88 bits per heavy atom. The fraction of sp³-hybridized carbons (Fsp3) is 1.00. The zero-order chi connectivity index (χ0) is 12.6. The van der Waals surface area contributed by atoms with Gasteiger partial charge in [0.15, 0.2) is 0 Å². The van der Waals surface area contributed by atoms with Crippen molar-refractivity contribution in [1.29, 1.82) is 0 Å². The minimum absolute atomic E-state index is 0.200. The smallest absolute Gasteiger partial charge is 0.215 e. The summed E-state index contributed by atoms with van der Waals surface area (Å²) in [5, 5.41) is 3.04. The van der Waals surface area contributed by atoms with E-state index in [4.69, 9.17) is 0 Å². The molecule has 0 aromatic carbocycles. The molecule has 0 aliphatic heterocycles. The van der Waals surface area contributed by atoms with Crippen LogP contribution in [0.25, 0.3) is 0 Å². The molecule has 0 fully saturated rings. The molecule has 0 aliphatic rings. The van der Waals surface area contributed by atoms with Gasteiger partial charge in [-0.25, -0.2) is 12.7 Å². The van der Waals surface area contributed by atoms with Crippen LogP contribution in [0.15, 0.2) is 0 Å². The van der Waals surface area contributed by atoms with Gasteiger partial charge in [0.05, 0.1) is 5.75 Å². The van der Waals surface area contributed by atoms with E-state index < -0.39 is 10.0 Å². The van der Waals surface area contributed by atoms with Crippen LogP contribution in [0.5, 0.6) is 0 Å². The van der Waals surface area contributed by atoms with Crippen molar-refractivity contribution < 1.29 is 8.42 Å². The molecule has 1 atom stereocenters. The average molecular weight is 250 g/mol. The molecule has 0 amide bonds. The molecular formula is C11H26N2O2S. The normalized spacial score (nSPS) is 14.3. The molecule has 98 valence electrons. The first kappa shape index (κ1) is 15.9. The summed E-state index contributed by atoms with van der Waals surface area (Å²) >= 11 is 0. The summed E-state index contributed by atoms with van der Waals surface area (Å²) in [4.78, 5) is 0. The number of hydrogen-bond acceptors (Lipinski definition) is 3. The molecule has 4 nitrogen and oxygen atoms in total. The van der Waals surface area contributed by atoms with Crippen LogP contribution in [-0.4, -0.2) is 44.7 Å². The second-order valence-electron chi connectivity index (χ2n) is 4.13. The maximum Gasteiger partial charge on any atom is 0.215 e. The van der Waals surface area contributed by atoms with Crippen LogP contribution in [-0.2, 0) is 10.0 Å². The Balaban J connectivity index is 4.31. The third-order valence-electron chi connectivity index (χ3n) is 2.75. The van der Waals surface area contributed by atoms with Gasteiger partial charge in [-0.2, -0.15) is 0 Å². The van der Waals surface area contributed by atoms with Crippen LogP contribution in [0.4, 0.5) is 0 Å². The van der Waals surface area contributed by atoms with E-state index in [0.717, 1.165) is 13.0 Å². The van der Waals surface area contributed by atoms with E-state index >= 15 is 0 Å². The maximum atomic E-state index is 12.0. The first-order valence-corrected chi connectivity index (χ1v) is 7.77. The highest BCUT2D eigenvalue weighted by Crippen LogP contribution is 2.08. The zero-order valence-corrected chi connectivity index (χ0v) is 11.8. The number of hydrogen-bond donors (Lipinski definition) is 1. The maximum absolute atomic E-state index is 12.0. The standard InChI is InChI=1S/C11H26N2O2S/c1-5-11(4)10-13(7-3)16(14,15)9-8-12-6-2/h11-12H,5-10H2,1-4H3. The van der Waals surface area contributed by atoms with Gasteiger partial charge in [-0.3, -0.25) is 0 Å². The van der Waals surface area contributed by atoms with Gasteiger partial charge in [0.2, 0.25) is 10.0 Å². The van der Waals surface area contributed by atoms with E-state index in [1.54, 1.807) is 4.31 Å². The van der Waals surface area contributed by atoms with Gasteiger partial charge >= 0.3 is 0 Å². The van der Waals surface area contributed by atoms with Gasteiger partial charge in [-0.1, -0.05) is 34.1 Å². The summed E-state index contributed by atoms with van der Waals surface area (Å²) in [6, 6.07) is 0. The van der Waals surface area contributed by atoms with Crippen LogP contribution in [0.2, 0.25) is 0 Å². The lowest BCUT2D eigenvalue weighted by molar-refractivity contribution is 0.361. The summed E-state index contributed by atoms with van der Waals surface area (Å²) in [5.74, 6) is 0.624. The number of sulfonamides is 1. The molecule has 0 bridgehead atoms. The summed E-state index contributed by atoms with van der Waals surface area (Å²) in [5.41, 5.74) is 0. The van der Waals surface area contributed by atoms with Crippen LogP contribution in [0.1, 0.15) is 34.1 Å². The largest absolute Gasteiger partial charge is 0.316 e. The fourth-order valence-corrected chi connectivity index (χ4v) is 2.96. The summed E-state index contributed by atoms with van der Waals surface area (Å²) < 4.78 is 25.5. The Bertz CT molecular complexity index is 265. The van der Waals surface area contributed by atoms with Crippen molar-refractivity contribution in [1.82, 2.24) is 9.62 Å². The Morgan fingerprint density at radius 1 is 1.25 bits per heavy atom. The fourth-order valence-electron chi connectivity index (χ4n) is 1.42. The second kappa shape index (κ2) is 8.03. The summed E-state index contributed by atoms with van der Waals surface area (Å²) in [7, 11) is -3.08. The highest BCUT2D eigenvalue weighted by Gasteiger charge is 2.21. The first-order chi connectivity index (χ1) is 7.47. The molecule has 0 aliphatic carbocycles. The molecule has 0 rings (SSSR count). The van der Waals surface area contributed by atoms with Gasteiger partial charge in [-0.05, 0) is 12.5 Å². The van der Waals surface area contributed by atoms with Crippen molar-refractivity contribution in [2.24, 2.45) is 5.92 Å². The predicted octanol–water partition coefficient (Wildman–Crippen LogP) is 1.29. The van der Waals surface area contributed by atoms with Gasteiger partial charge in [0.1, 0.15) is 0 Å². The zero-order valence-electron chi connectivity index (χ0n) is 11.0. The quantitative estimate of drug-likeness (QED) is 0.627. The van der Waals surface area contributed by atoms with Crippen molar-refractivity contribution >= 4 is 10.0 Å². The third kappa shape index (κ3) is 5.82. The van der Waals surface area contributed by atoms with Crippen LogP contribution < -0.4 is 5.32 Å². The van der Waals surface area contributed by atoms with Crippen LogP contribution >= 0.6 is 0 Å². The van der Waals surface area contributed by atoms with Gasteiger partial charge in [-0.15, -0.1) is 0 Å². The number of nitrogens with zero attached hydrogens (tertiary/aromatic N) is 1. The highest BCUT2D eigenvalue weighted by molar-refractivity contribution is 7.89. The molecular weight excluding hydrogens is 224 g/mol. The SMILES string of the molecule is CCNCCS(=O)(=O)N(CC)CC(C)CC. The van der Waals surface area contributed by atoms with E-state index in [1.165, 1.54) is 0 Å². The molecule has 0 aromatic rings. The predicted molar refractivity (Wildman–Crippen MR) is 69.0 cm³/mol. The van der Waals surface area contributed by atoms with Crippen molar-refractivity contribution in [2.45, 2.75) is 34.1 Å². The second-order valence-corrected chi connectivity index (χ2v) is 6.22. The molecule has 16 heavy (non-hydrogen) atoms. The third-order valence-corrected chi connectivity index (χ3v) is 4.66. The van der Waals surface area contributed by atoms with Crippen molar-refractivity contribution in [3.63, 3.8) is 0 Å². The Kier molecular flexibility index (Phi) is 7.97. The molecule has 1 N–H and O–H groups in total. The van der Waals surface area contributed by atoms with Crippen LogP contribution in [0.3, 0.4) is 0 Å². The van der Waals surface area contributed by atoms with Crippen molar-refractivity contribution in [3.8, 4) is 0 Å².